The van der Waals surface area contributed by atoms with Gasteiger partial charge in [0.15, 0.2) is 6.61 Å². The van der Waals surface area contributed by atoms with E-state index in [4.69, 9.17) is 9.15 Å². The zero-order valence-electron chi connectivity index (χ0n) is 11.6. The monoisotopic (exact) mass is 301 g/mol. The summed E-state index contributed by atoms with van der Waals surface area (Å²) in [5.41, 5.74) is 1.21. The highest BCUT2D eigenvalue weighted by molar-refractivity contribution is 7.13. The summed E-state index contributed by atoms with van der Waals surface area (Å²) in [5, 5.41) is 13.1. The van der Waals surface area contributed by atoms with Gasteiger partial charge in [0.05, 0.1) is 4.88 Å². The first-order chi connectivity index (χ1) is 10.3. The Balaban J connectivity index is 1.60. The number of nitrogens with one attached hydrogen (secondary N) is 1. The van der Waals surface area contributed by atoms with Crippen LogP contribution in [-0.4, -0.2) is 17.2 Å². The van der Waals surface area contributed by atoms with Gasteiger partial charge in [-0.3, -0.25) is 0 Å². The van der Waals surface area contributed by atoms with E-state index in [0.717, 1.165) is 17.2 Å². The van der Waals surface area contributed by atoms with Gasteiger partial charge in [0, 0.05) is 6.54 Å². The molecular formula is C15H15N3O2S. The number of benzene rings is 1. The molecule has 0 unspecified atom stereocenters. The Morgan fingerprint density at radius 3 is 2.76 bits per heavy atom. The molecular weight excluding hydrogens is 286 g/mol. The van der Waals surface area contributed by atoms with Gasteiger partial charge >= 0.3 is 0 Å². The van der Waals surface area contributed by atoms with Crippen LogP contribution in [0.4, 0.5) is 0 Å². The van der Waals surface area contributed by atoms with E-state index in [2.05, 4.69) is 15.5 Å². The highest BCUT2D eigenvalue weighted by Gasteiger charge is 2.09. The molecule has 21 heavy (non-hydrogen) atoms. The molecule has 0 fully saturated rings. The van der Waals surface area contributed by atoms with Crippen molar-refractivity contribution in [2.75, 3.05) is 7.05 Å². The van der Waals surface area contributed by atoms with Crippen LogP contribution in [0.25, 0.3) is 10.8 Å². The molecule has 2 aromatic heterocycles. The third kappa shape index (κ3) is 3.48. The van der Waals surface area contributed by atoms with E-state index in [9.17, 15) is 0 Å². The fraction of sp³-hybridized carbons (Fsp3) is 0.200. The number of hydrogen-bond acceptors (Lipinski definition) is 6. The molecule has 0 saturated carbocycles. The van der Waals surface area contributed by atoms with Gasteiger partial charge in [-0.2, -0.15) is 0 Å². The van der Waals surface area contributed by atoms with Crippen LogP contribution >= 0.6 is 11.3 Å². The molecule has 3 rings (SSSR count). The highest BCUT2D eigenvalue weighted by atomic mass is 32.1. The molecule has 0 aliphatic heterocycles. The van der Waals surface area contributed by atoms with Crippen LogP contribution in [0.3, 0.4) is 0 Å². The van der Waals surface area contributed by atoms with E-state index in [1.54, 1.807) is 11.3 Å². The third-order valence-corrected chi connectivity index (χ3v) is 3.72. The van der Waals surface area contributed by atoms with Crippen LogP contribution in [0.5, 0.6) is 5.75 Å². The van der Waals surface area contributed by atoms with E-state index in [1.165, 1.54) is 5.56 Å². The smallest absolute Gasteiger partial charge is 0.257 e. The predicted octanol–water partition coefficient (Wildman–Crippen LogP) is 3.10. The van der Waals surface area contributed by atoms with Crippen LogP contribution in [0.15, 0.2) is 46.2 Å². The third-order valence-electron chi connectivity index (χ3n) is 2.87. The van der Waals surface area contributed by atoms with Crippen molar-refractivity contribution in [3.63, 3.8) is 0 Å². The largest absolute Gasteiger partial charge is 0.484 e. The van der Waals surface area contributed by atoms with Crippen LogP contribution in [0.2, 0.25) is 0 Å². The van der Waals surface area contributed by atoms with Gasteiger partial charge < -0.3 is 14.5 Å². The van der Waals surface area contributed by atoms with E-state index >= 15 is 0 Å². The van der Waals surface area contributed by atoms with E-state index < -0.39 is 0 Å². The van der Waals surface area contributed by atoms with Crippen LogP contribution < -0.4 is 10.1 Å². The predicted molar refractivity (Wildman–Crippen MR) is 81.1 cm³/mol. The molecule has 108 valence electrons. The molecule has 0 bridgehead atoms. The number of rotatable bonds is 6. The van der Waals surface area contributed by atoms with E-state index in [-0.39, 0.29) is 6.61 Å². The summed E-state index contributed by atoms with van der Waals surface area (Å²) >= 11 is 1.57. The van der Waals surface area contributed by atoms with Crippen LogP contribution in [-0.2, 0) is 13.2 Å². The van der Waals surface area contributed by atoms with Crippen molar-refractivity contribution >= 4 is 11.3 Å². The second-order valence-electron chi connectivity index (χ2n) is 4.44. The van der Waals surface area contributed by atoms with Gasteiger partial charge in [0.25, 0.3) is 11.8 Å². The SMILES string of the molecule is CNCc1ccc(OCc2nnc(-c3cccs3)o2)cc1. The Morgan fingerprint density at radius 2 is 2.05 bits per heavy atom. The summed E-state index contributed by atoms with van der Waals surface area (Å²) in [5.74, 6) is 1.79. The number of aromatic nitrogens is 2. The van der Waals surface area contributed by atoms with Crippen molar-refractivity contribution in [3.05, 3.63) is 53.2 Å². The molecule has 0 atom stereocenters. The van der Waals surface area contributed by atoms with Crippen molar-refractivity contribution in [1.29, 1.82) is 0 Å². The highest BCUT2D eigenvalue weighted by Crippen LogP contribution is 2.23. The molecule has 1 aromatic carbocycles. The van der Waals surface area contributed by atoms with Crippen molar-refractivity contribution in [2.24, 2.45) is 0 Å². The maximum atomic E-state index is 5.64. The maximum Gasteiger partial charge on any atom is 0.257 e. The Morgan fingerprint density at radius 1 is 1.19 bits per heavy atom. The quantitative estimate of drug-likeness (QED) is 0.758. The summed E-state index contributed by atoms with van der Waals surface area (Å²) < 4.78 is 11.2. The van der Waals surface area contributed by atoms with Crippen LogP contribution in [0.1, 0.15) is 11.5 Å². The van der Waals surface area contributed by atoms with Gasteiger partial charge in [-0.1, -0.05) is 18.2 Å². The second-order valence-corrected chi connectivity index (χ2v) is 5.39. The normalized spacial score (nSPS) is 10.7. The molecule has 0 radical (unpaired) electrons. The Labute approximate surface area is 126 Å². The lowest BCUT2D eigenvalue weighted by atomic mass is 10.2. The minimum atomic E-state index is 0.268. The molecule has 5 nitrogen and oxygen atoms in total. The lowest BCUT2D eigenvalue weighted by Crippen LogP contribution is -2.04. The molecule has 0 aliphatic rings. The zero-order valence-corrected chi connectivity index (χ0v) is 12.4. The van der Waals surface area contributed by atoms with Crippen molar-refractivity contribution in [1.82, 2.24) is 15.5 Å². The Bertz CT molecular complexity index is 677. The second kappa shape index (κ2) is 6.51. The first kappa shape index (κ1) is 13.8. The molecule has 0 aliphatic carbocycles. The Kier molecular flexibility index (Phi) is 4.28. The molecule has 2 heterocycles. The number of ether oxygens (including phenoxy) is 1. The van der Waals surface area contributed by atoms with Crippen molar-refractivity contribution in [3.8, 4) is 16.5 Å². The maximum absolute atomic E-state index is 5.64. The van der Waals surface area contributed by atoms with Gasteiger partial charge in [-0.15, -0.1) is 21.5 Å². The lowest BCUT2D eigenvalue weighted by molar-refractivity contribution is 0.264. The first-order valence-corrected chi connectivity index (χ1v) is 7.46. The average Bonchev–Trinajstić information content (AvgIpc) is 3.18. The standard InChI is InChI=1S/C15H15N3O2S/c1-16-9-11-4-6-12(7-5-11)19-10-14-17-18-15(20-14)13-3-2-8-21-13/h2-8,16H,9-10H2,1H3. The fourth-order valence-electron chi connectivity index (χ4n) is 1.86. The van der Waals surface area contributed by atoms with Gasteiger partial charge in [-0.05, 0) is 36.2 Å². The minimum Gasteiger partial charge on any atom is -0.484 e. The van der Waals surface area contributed by atoms with Gasteiger partial charge in [0.2, 0.25) is 0 Å². The summed E-state index contributed by atoms with van der Waals surface area (Å²) in [4.78, 5) is 0.963. The lowest BCUT2D eigenvalue weighted by Gasteiger charge is -2.04. The first-order valence-electron chi connectivity index (χ1n) is 6.58. The van der Waals surface area contributed by atoms with Crippen LogP contribution in [0, 0.1) is 0 Å². The molecule has 0 spiro atoms. The van der Waals surface area contributed by atoms with Crippen molar-refractivity contribution in [2.45, 2.75) is 13.2 Å². The molecule has 1 N–H and O–H groups in total. The minimum absolute atomic E-state index is 0.268. The summed E-state index contributed by atoms with van der Waals surface area (Å²) in [6.45, 7) is 1.11. The number of thiophene rings is 1. The topological polar surface area (TPSA) is 60.2 Å². The van der Waals surface area contributed by atoms with Gasteiger partial charge in [0.1, 0.15) is 5.75 Å². The van der Waals surface area contributed by atoms with Gasteiger partial charge in [-0.25, -0.2) is 0 Å². The summed E-state index contributed by atoms with van der Waals surface area (Å²) in [6.07, 6.45) is 0. The molecule has 3 aromatic rings. The van der Waals surface area contributed by atoms with Crippen molar-refractivity contribution < 1.29 is 9.15 Å². The average molecular weight is 301 g/mol. The number of nitrogens with zero attached hydrogens (tertiary/aromatic N) is 2. The zero-order chi connectivity index (χ0) is 14.5. The molecule has 6 heteroatoms. The fourth-order valence-corrected chi connectivity index (χ4v) is 2.51. The summed E-state index contributed by atoms with van der Waals surface area (Å²) in [6, 6.07) is 11.8. The summed E-state index contributed by atoms with van der Waals surface area (Å²) in [7, 11) is 1.92. The van der Waals surface area contributed by atoms with E-state index in [1.807, 2.05) is 48.8 Å². The number of hydrogen-bond donors (Lipinski definition) is 1. The molecule has 0 saturated heterocycles. The Hall–Kier alpha value is -2.18. The molecule has 0 amide bonds. The van der Waals surface area contributed by atoms with E-state index in [0.29, 0.717) is 11.8 Å².